The molecule has 5 nitrogen and oxygen atoms in total. The maximum absolute atomic E-state index is 12.0. The number of benzene rings is 2. The number of amides is 1. The summed E-state index contributed by atoms with van der Waals surface area (Å²) < 4.78 is 16.2. The second kappa shape index (κ2) is 9.51. The fraction of sp³-hybridized carbons (Fsp3) is 0.286. The Kier molecular flexibility index (Phi) is 7.09. The van der Waals surface area contributed by atoms with Crippen LogP contribution in [0.4, 0.5) is 0 Å². The Bertz CT molecular complexity index is 751. The van der Waals surface area contributed by atoms with Crippen molar-refractivity contribution in [2.45, 2.75) is 26.5 Å². The summed E-state index contributed by atoms with van der Waals surface area (Å²) in [5.41, 5.74) is 1.86. The van der Waals surface area contributed by atoms with Crippen molar-refractivity contribution in [3.05, 3.63) is 59.7 Å². The van der Waals surface area contributed by atoms with E-state index < -0.39 is 0 Å². The Labute approximate surface area is 154 Å². The molecule has 5 heteroatoms. The van der Waals surface area contributed by atoms with Gasteiger partial charge in [0.15, 0.2) is 11.5 Å². The summed E-state index contributed by atoms with van der Waals surface area (Å²) in [6.07, 6.45) is 3.34. The van der Waals surface area contributed by atoms with Gasteiger partial charge in [0.05, 0.1) is 20.3 Å². The van der Waals surface area contributed by atoms with Crippen molar-refractivity contribution in [2.75, 3.05) is 14.2 Å². The quantitative estimate of drug-likeness (QED) is 0.732. The highest BCUT2D eigenvalue weighted by Crippen LogP contribution is 2.28. The zero-order valence-corrected chi connectivity index (χ0v) is 15.6. The molecule has 1 N–H and O–H groups in total. The SMILES string of the molecule is COc1ccc(/C=C/C(=O)NCc2ccc(OC(C)C)c(OC)c2)cc1. The number of carbonyl (C=O) groups is 1. The lowest BCUT2D eigenvalue weighted by molar-refractivity contribution is -0.116. The molecule has 0 heterocycles. The van der Waals surface area contributed by atoms with E-state index in [0.717, 1.165) is 16.9 Å². The van der Waals surface area contributed by atoms with Crippen LogP contribution in [-0.4, -0.2) is 26.2 Å². The van der Waals surface area contributed by atoms with E-state index in [1.165, 1.54) is 6.08 Å². The normalized spacial score (nSPS) is 10.8. The Morgan fingerprint density at radius 2 is 1.77 bits per heavy atom. The average molecular weight is 355 g/mol. The van der Waals surface area contributed by atoms with Crippen molar-refractivity contribution in [3.8, 4) is 17.2 Å². The molecule has 0 fully saturated rings. The summed E-state index contributed by atoms with van der Waals surface area (Å²) in [5, 5.41) is 2.86. The average Bonchev–Trinajstić information content (AvgIpc) is 2.65. The van der Waals surface area contributed by atoms with Crippen LogP contribution in [0, 0.1) is 0 Å². The van der Waals surface area contributed by atoms with E-state index in [-0.39, 0.29) is 12.0 Å². The van der Waals surface area contributed by atoms with Crippen LogP contribution < -0.4 is 19.5 Å². The molecule has 0 aliphatic heterocycles. The van der Waals surface area contributed by atoms with Crippen LogP contribution in [0.15, 0.2) is 48.5 Å². The van der Waals surface area contributed by atoms with Crippen LogP contribution in [-0.2, 0) is 11.3 Å². The first-order chi connectivity index (χ1) is 12.5. The van der Waals surface area contributed by atoms with Gasteiger partial charge in [-0.2, -0.15) is 0 Å². The topological polar surface area (TPSA) is 56.8 Å². The van der Waals surface area contributed by atoms with Crippen molar-refractivity contribution in [1.29, 1.82) is 0 Å². The maximum Gasteiger partial charge on any atom is 0.244 e. The van der Waals surface area contributed by atoms with E-state index in [0.29, 0.717) is 18.0 Å². The second-order valence-corrected chi connectivity index (χ2v) is 5.98. The van der Waals surface area contributed by atoms with E-state index in [4.69, 9.17) is 14.2 Å². The van der Waals surface area contributed by atoms with Crippen LogP contribution in [0.5, 0.6) is 17.2 Å². The molecule has 2 aromatic rings. The van der Waals surface area contributed by atoms with Crippen LogP contribution in [0.1, 0.15) is 25.0 Å². The maximum atomic E-state index is 12.0. The number of rotatable bonds is 8. The summed E-state index contributed by atoms with van der Waals surface area (Å²) in [4.78, 5) is 12.0. The Morgan fingerprint density at radius 1 is 1.04 bits per heavy atom. The van der Waals surface area contributed by atoms with E-state index >= 15 is 0 Å². The highest BCUT2D eigenvalue weighted by Gasteiger charge is 2.08. The van der Waals surface area contributed by atoms with Crippen LogP contribution in [0.25, 0.3) is 6.08 Å². The highest BCUT2D eigenvalue weighted by atomic mass is 16.5. The van der Waals surface area contributed by atoms with Gasteiger partial charge in [-0.25, -0.2) is 0 Å². The molecule has 0 unspecified atom stereocenters. The first kappa shape index (κ1) is 19.4. The number of hydrogen-bond acceptors (Lipinski definition) is 4. The molecule has 0 aliphatic carbocycles. The second-order valence-electron chi connectivity index (χ2n) is 5.98. The van der Waals surface area contributed by atoms with Gasteiger partial charge in [0, 0.05) is 12.6 Å². The third kappa shape index (κ3) is 5.84. The highest BCUT2D eigenvalue weighted by molar-refractivity contribution is 5.91. The van der Waals surface area contributed by atoms with E-state index in [1.54, 1.807) is 20.3 Å². The lowest BCUT2D eigenvalue weighted by Gasteiger charge is -2.14. The minimum atomic E-state index is -0.165. The zero-order valence-electron chi connectivity index (χ0n) is 15.6. The van der Waals surface area contributed by atoms with Gasteiger partial charge in [0.2, 0.25) is 5.91 Å². The van der Waals surface area contributed by atoms with Gasteiger partial charge < -0.3 is 19.5 Å². The monoisotopic (exact) mass is 355 g/mol. The van der Waals surface area contributed by atoms with Gasteiger partial charge in [0.1, 0.15) is 5.75 Å². The van der Waals surface area contributed by atoms with Gasteiger partial charge in [-0.3, -0.25) is 4.79 Å². The molecule has 0 aromatic heterocycles. The Hall–Kier alpha value is -2.95. The van der Waals surface area contributed by atoms with Crippen molar-refractivity contribution in [1.82, 2.24) is 5.32 Å². The third-order valence-corrected chi connectivity index (χ3v) is 3.60. The lowest BCUT2D eigenvalue weighted by Crippen LogP contribution is -2.20. The number of ether oxygens (including phenoxy) is 3. The molecule has 1 amide bonds. The van der Waals surface area contributed by atoms with Gasteiger partial charge in [-0.15, -0.1) is 0 Å². The van der Waals surface area contributed by atoms with Gasteiger partial charge >= 0.3 is 0 Å². The number of methoxy groups -OCH3 is 2. The fourth-order valence-electron chi connectivity index (χ4n) is 2.31. The standard InChI is InChI=1S/C21H25NO4/c1-15(2)26-19-11-7-17(13-20(19)25-4)14-22-21(23)12-8-16-5-9-18(24-3)10-6-16/h5-13,15H,14H2,1-4H3,(H,22,23)/b12-8+. The Morgan fingerprint density at radius 3 is 2.38 bits per heavy atom. The molecule has 0 saturated heterocycles. The van der Waals surface area contributed by atoms with Crippen molar-refractivity contribution in [2.24, 2.45) is 0 Å². The summed E-state index contributed by atoms with van der Waals surface area (Å²) in [6.45, 7) is 4.33. The number of hydrogen-bond donors (Lipinski definition) is 1. The van der Waals surface area contributed by atoms with Crippen molar-refractivity contribution < 1.29 is 19.0 Å². The molecule has 0 aliphatic rings. The predicted octanol–water partition coefficient (Wildman–Crippen LogP) is 3.82. The Balaban J connectivity index is 1.92. The third-order valence-electron chi connectivity index (χ3n) is 3.60. The molecule has 0 bridgehead atoms. The van der Waals surface area contributed by atoms with E-state index in [2.05, 4.69) is 5.32 Å². The first-order valence-corrected chi connectivity index (χ1v) is 8.45. The van der Waals surface area contributed by atoms with Crippen molar-refractivity contribution in [3.63, 3.8) is 0 Å². The fourth-order valence-corrected chi connectivity index (χ4v) is 2.31. The summed E-state index contributed by atoms with van der Waals surface area (Å²) in [5.74, 6) is 1.96. The van der Waals surface area contributed by atoms with Crippen LogP contribution >= 0.6 is 0 Å². The molecule has 2 rings (SSSR count). The van der Waals surface area contributed by atoms with E-state index in [9.17, 15) is 4.79 Å². The van der Waals surface area contributed by atoms with Crippen LogP contribution in [0.2, 0.25) is 0 Å². The summed E-state index contributed by atoms with van der Waals surface area (Å²) >= 11 is 0. The number of carbonyl (C=O) groups excluding carboxylic acids is 1. The molecule has 0 atom stereocenters. The predicted molar refractivity (Wildman–Crippen MR) is 103 cm³/mol. The molecule has 138 valence electrons. The van der Waals surface area contributed by atoms with Gasteiger partial charge in [-0.05, 0) is 55.3 Å². The van der Waals surface area contributed by atoms with Crippen LogP contribution in [0.3, 0.4) is 0 Å². The molecule has 0 radical (unpaired) electrons. The minimum Gasteiger partial charge on any atom is -0.497 e. The van der Waals surface area contributed by atoms with E-state index in [1.807, 2.05) is 56.3 Å². The first-order valence-electron chi connectivity index (χ1n) is 8.45. The molecular weight excluding hydrogens is 330 g/mol. The smallest absolute Gasteiger partial charge is 0.244 e. The van der Waals surface area contributed by atoms with Gasteiger partial charge in [-0.1, -0.05) is 18.2 Å². The van der Waals surface area contributed by atoms with Gasteiger partial charge in [0.25, 0.3) is 0 Å². The summed E-state index contributed by atoms with van der Waals surface area (Å²) in [6, 6.07) is 13.1. The largest absolute Gasteiger partial charge is 0.497 e. The molecule has 26 heavy (non-hydrogen) atoms. The summed E-state index contributed by atoms with van der Waals surface area (Å²) in [7, 11) is 3.22. The minimum absolute atomic E-state index is 0.0672. The molecule has 0 saturated carbocycles. The molecule has 2 aromatic carbocycles. The lowest BCUT2D eigenvalue weighted by atomic mass is 10.2. The molecular formula is C21H25NO4. The zero-order chi connectivity index (χ0) is 18.9. The van der Waals surface area contributed by atoms with Crippen molar-refractivity contribution >= 4 is 12.0 Å². The molecule has 0 spiro atoms. The number of nitrogens with one attached hydrogen (secondary N) is 1.